The van der Waals surface area contributed by atoms with Crippen molar-refractivity contribution in [2.45, 2.75) is 103 Å². The molecule has 2 atom stereocenters. The van der Waals surface area contributed by atoms with Crippen LogP contribution in [0.25, 0.3) is 0 Å². The molecule has 2 aliphatic rings. The van der Waals surface area contributed by atoms with Crippen LogP contribution in [0.3, 0.4) is 0 Å². The number of ether oxygens (including phenoxy) is 2. The number of hydrogen-bond acceptors (Lipinski definition) is 6. The van der Waals surface area contributed by atoms with Crippen molar-refractivity contribution in [2.24, 2.45) is 0 Å². The van der Waals surface area contributed by atoms with Gasteiger partial charge in [0.05, 0.1) is 30.4 Å². The summed E-state index contributed by atoms with van der Waals surface area (Å²) in [4.78, 5) is 13.9. The minimum atomic E-state index is -2.19. The second-order valence-corrected chi connectivity index (χ2v) is 18.8. The number of para-hydroxylation sites is 1. The number of hydrogen-bond donors (Lipinski definition) is 1. The number of benzene rings is 2. The van der Waals surface area contributed by atoms with Crippen LogP contribution in [0.4, 0.5) is 4.79 Å². The molecule has 0 aliphatic carbocycles. The van der Waals surface area contributed by atoms with E-state index in [-0.39, 0.29) is 30.8 Å². The molecule has 0 saturated carbocycles. The van der Waals surface area contributed by atoms with Gasteiger partial charge in [-0.05, 0) is 87.9 Å². The first-order valence-corrected chi connectivity index (χ1v) is 17.9. The molecule has 230 valence electrons. The molecular weight excluding hydrogens is 549 g/mol. The molecule has 1 fully saturated rings. The summed E-state index contributed by atoms with van der Waals surface area (Å²) in [6.45, 7) is 19.8. The first-order chi connectivity index (χ1) is 19.5. The zero-order chi connectivity index (χ0) is 30.9. The number of amides is 1. The van der Waals surface area contributed by atoms with Crippen LogP contribution in [-0.4, -0.2) is 74.6 Å². The first kappa shape index (κ1) is 32.4. The lowest BCUT2D eigenvalue weighted by Crippen LogP contribution is -2.51. The van der Waals surface area contributed by atoms with Gasteiger partial charge in [0.15, 0.2) is 8.32 Å². The Morgan fingerprint density at radius 3 is 2.33 bits per heavy atom. The Morgan fingerprint density at radius 2 is 1.74 bits per heavy atom. The van der Waals surface area contributed by atoms with E-state index in [1.54, 1.807) is 0 Å². The van der Waals surface area contributed by atoms with Gasteiger partial charge in [-0.1, -0.05) is 51.1 Å². The van der Waals surface area contributed by atoms with Gasteiger partial charge < -0.3 is 33.2 Å². The van der Waals surface area contributed by atoms with Crippen molar-refractivity contribution < 1.29 is 33.1 Å². The molecule has 2 aliphatic heterocycles. The minimum Gasteiger partial charge on any atom is -0.491 e. The van der Waals surface area contributed by atoms with Gasteiger partial charge in [-0.25, -0.2) is 4.79 Å². The molecule has 1 unspecified atom stereocenters. The number of carboxylic acid groups (broad SMARTS) is 1. The second-order valence-electron chi connectivity index (χ2n) is 14.0. The van der Waals surface area contributed by atoms with Gasteiger partial charge in [0.25, 0.3) is 0 Å². The lowest BCUT2D eigenvalue weighted by atomic mass is 9.77. The molecule has 1 saturated heterocycles. The van der Waals surface area contributed by atoms with Crippen molar-refractivity contribution in [1.29, 1.82) is 0 Å². The van der Waals surface area contributed by atoms with Crippen LogP contribution in [0.1, 0.15) is 60.5 Å². The van der Waals surface area contributed by atoms with Crippen LogP contribution < -0.4 is 14.9 Å². The van der Waals surface area contributed by atoms with Crippen LogP contribution in [-0.2, 0) is 20.2 Å². The topological polar surface area (TPSA) is 86.7 Å². The van der Waals surface area contributed by atoms with E-state index in [0.717, 1.165) is 28.9 Å². The van der Waals surface area contributed by atoms with E-state index in [4.69, 9.17) is 23.2 Å². The van der Waals surface area contributed by atoms with Crippen LogP contribution in [0.5, 0.6) is 11.5 Å². The van der Waals surface area contributed by atoms with Crippen molar-refractivity contribution in [3.8, 4) is 11.5 Å². The van der Waals surface area contributed by atoms with Crippen molar-refractivity contribution in [1.82, 2.24) is 4.90 Å². The average Bonchev–Trinajstić information content (AvgIpc) is 3.12. The van der Waals surface area contributed by atoms with Crippen LogP contribution >= 0.6 is 0 Å². The van der Waals surface area contributed by atoms with E-state index in [2.05, 4.69) is 39.9 Å². The third-order valence-electron chi connectivity index (χ3n) is 9.20. The van der Waals surface area contributed by atoms with E-state index in [0.29, 0.717) is 6.42 Å². The molecule has 2 aromatic rings. The van der Waals surface area contributed by atoms with Crippen LogP contribution in [0, 0.1) is 0 Å². The summed E-state index contributed by atoms with van der Waals surface area (Å²) in [5.74, 6) is 1.51. The number of aryl methyl sites for hydroxylation is 1. The summed E-state index contributed by atoms with van der Waals surface area (Å²) < 4.78 is 31.5. The highest BCUT2D eigenvalue weighted by atomic mass is 28.4. The lowest BCUT2D eigenvalue weighted by molar-refractivity contribution is 0.00578. The zero-order valence-corrected chi connectivity index (χ0v) is 27.7. The Balaban J connectivity index is 1.43. The minimum absolute atomic E-state index is 0.0266. The summed E-state index contributed by atoms with van der Waals surface area (Å²) in [5, 5.41) is 10.2. The van der Waals surface area contributed by atoms with E-state index in [9.17, 15) is 9.90 Å². The monoisotopic (exact) mass is 597 g/mol. The highest BCUT2D eigenvalue weighted by molar-refractivity contribution is 6.74. The van der Waals surface area contributed by atoms with Gasteiger partial charge >= 0.3 is 13.2 Å². The predicted molar refractivity (Wildman–Crippen MR) is 168 cm³/mol. The Bertz CT molecular complexity index is 1220. The maximum Gasteiger partial charge on any atom is 0.494 e. The second kappa shape index (κ2) is 12.2. The number of fused-ring (bicyclic) bond motifs is 1. The van der Waals surface area contributed by atoms with Gasteiger partial charge in [-0.2, -0.15) is 0 Å². The fourth-order valence-corrected chi connectivity index (χ4v) is 6.19. The maximum absolute atomic E-state index is 12.4. The summed E-state index contributed by atoms with van der Waals surface area (Å²) in [6, 6.07) is 15.6. The standard InChI is InChI=1S/C32H48BNO7Si/c1-30(2,3)42(8,9)39-27(22-37-25-13-11-10-12-14-25)21-34(29(35)36)20-26-17-15-23-19-24(16-18-28(23)38-26)33-40-31(4,5)32(6,7)41-33/h10-14,16,18-19,26-27H,15,17,20-22H2,1-9H3,(H,35,36)/t26-,27?/m0/s1. The molecule has 1 amide bonds. The van der Waals surface area contributed by atoms with Crippen molar-refractivity contribution in [2.75, 3.05) is 19.7 Å². The zero-order valence-electron chi connectivity index (χ0n) is 26.7. The van der Waals surface area contributed by atoms with Crippen molar-refractivity contribution >= 4 is 27.0 Å². The summed E-state index contributed by atoms with van der Waals surface area (Å²) in [6.07, 6.45) is -0.191. The molecule has 0 radical (unpaired) electrons. The van der Waals surface area contributed by atoms with Gasteiger partial charge in [-0.3, -0.25) is 0 Å². The SMILES string of the molecule is CC1(C)OB(c2ccc3c(c2)CC[C@@H](CN(CC(COc2ccccc2)O[Si](C)(C)C(C)(C)C)C(=O)O)O3)OC1(C)C. The number of carbonyl (C=O) groups is 1. The van der Waals surface area contributed by atoms with E-state index in [1.807, 2.05) is 70.2 Å². The quantitative estimate of drug-likeness (QED) is 0.330. The molecule has 2 heterocycles. The van der Waals surface area contributed by atoms with Gasteiger partial charge in [-0.15, -0.1) is 0 Å². The molecule has 8 nitrogen and oxygen atoms in total. The molecule has 1 N–H and O–H groups in total. The molecule has 4 rings (SSSR count). The predicted octanol–water partition coefficient (Wildman–Crippen LogP) is 6.13. The fraction of sp³-hybridized carbons (Fsp3) is 0.594. The molecule has 0 bridgehead atoms. The molecule has 2 aromatic carbocycles. The number of nitrogens with zero attached hydrogens (tertiary/aromatic N) is 1. The summed E-state index contributed by atoms with van der Waals surface area (Å²) in [7, 11) is -2.63. The maximum atomic E-state index is 12.4. The van der Waals surface area contributed by atoms with Crippen LogP contribution in [0.15, 0.2) is 48.5 Å². The Morgan fingerprint density at radius 1 is 1.10 bits per heavy atom. The normalized spacial score (nSPS) is 20.4. The van der Waals surface area contributed by atoms with E-state index >= 15 is 0 Å². The molecule has 10 heteroatoms. The van der Waals surface area contributed by atoms with Crippen LogP contribution in [0.2, 0.25) is 18.1 Å². The molecule has 0 aromatic heterocycles. The van der Waals surface area contributed by atoms with Gasteiger partial charge in [0.2, 0.25) is 0 Å². The van der Waals surface area contributed by atoms with Crippen molar-refractivity contribution in [3.63, 3.8) is 0 Å². The fourth-order valence-electron chi connectivity index (χ4n) is 4.86. The highest BCUT2D eigenvalue weighted by Gasteiger charge is 2.52. The van der Waals surface area contributed by atoms with E-state index in [1.165, 1.54) is 4.90 Å². The third-order valence-corrected chi connectivity index (χ3v) is 13.7. The summed E-state index contributed by atoms with van der Waals surface area (Å²) >= 11 is 0. The largest absolute Gasteiger partial charge is 0.494 e. The Hall–Kier alpha value is -2.53. The smallest absolute Gasteiger partial charge is 0.491 e. The Labute approximate surface area is 252 Å². The molecule has 0 spiro atoms. The Kier molecular flexibility index (Phi) is 9.43. The van der Waals surface area contributed by atoms with Gasteiger partial charge in [0.1, 0.15) is 24.2 Å². The van der Waals surface area contributed by atoms with E-state index < -0.39 is 38.8 Å². The molecule has 42 heavy (non-hydrogen) atoms. The first-order valence-electron chi connectivity index (χ1n) is 15.0. The average molecular weight is 598 g/mol. The lowest BCUT2D eigenvalue weighted by Gasteiger charge is -2.40. The van der Waals surface area contributed by atoms with Gasteiger partial charge in [0, 0.05) is 0 Å². The highest BCUT2D eigenvalue weighted by Crippen LogP contribution is 2.38. The van der Waals surface area contributed by atoms with Crippen molar-refractivity contribution in [3.05, 3.63) is 54.1 Å². The summed E-state index contributed by atoms with van der Waals surface area (Å²) in [5.41, 5.74) is 1.22. The molecular formula is C32H48BNO7Si. The third kappa shape index (κ3) is 7.51. The number of rotatable bonds is 10.